The Labute approximate surface area is 106 Å². The van der Waals surface area contributed by atoms with E-state index in [0.29, 0.717) is 18.3 Å². The predicted molar refractivity (Wildman–Crippen MR) is 68.8 cm³/mol. The Bertz CT molecular complexity index is 450. The average molecular weight is 251 g/mol. The van der Waals surface area contributed by atoms with Crippen LogP contribution in [0, 0.1) is 5.82 Å². The molecule has 3 N–H and O–H groups in total. The van der Waals surface area contributed by atoms with E-state index in [-0.39, 0.29) is 11.5 Å². The number of nitrogen functional groups attached to an aromatic ring is 1. The van der Waals surface area contributed by atoms with E-state index in [1.54, 1.807) is 0 Å². The highest BCUT2D eigenvalue weighted by Gasteiger charge is 2.21. The third-order valence-electron chi connectivity index (χ3n) is 3.41. The Morgan fingerprint density at radius 2 is 2.39 bits per heavy atom. The second-order valence-electron chi connectivity index (χ2n) is 4.73. The number of carbonyl (C=O) groups is 1. The maximum Gasteiger partial charge on any atom is 0.254 e. The van der Waals surface area contributed by atoms with Crippen molar-refractivity contribution in [2.45, 2.75) is 18.9 Å². The number of amides is 1. The lowest BCUT2D eigenvalue weighted by atomic mass is 10.1. The molecule has 98 valence electrons. The van der Waals surface area contributed by atoms with Gasteiger partial charge in [-0.25, -0.2) is 4.39 Å². The summed E-state index contributed by atoms with van der Waals surface area (Å²) in [6.07, 6.45) is 2.22. The largest absolute Gasteiger partial charge is 0.399 e. The molecule has 1 aromatic rings. The normalized spacial score (nSPS) is 20.0. The minimum Gasteiger partial charge on any atom is -0.399 e. The molecular formula is C13H18FN3O. The molecule has 1 amide bonds. The fourth-order valence-corrected chi connectivity index (χ4v) is 2.26. The molecule has 0 aromatic heterocycles. The van der Waals surface area contributed by atoms with Crippen molar-refractivity contribution >= 4 is 11.6 Å². The third-order valence-corrected chi connectivity index (χ3v) is 3.41. The molecule has 4 nitrogen and oxygen atoms in total. The number of likely N-dealkylation sites (N-methyl/N-ethyl adjacent to an activating group) is 1. The van der Waals surface area contributed by atoms with Crippen LogP contribution >= 0.6 is 0 Å². The Morgan fingerprint density at radius 1 is 1.61 bits per heavy atom. The number of carbonyl (C=O) groups excluding carboxylic acids is 1. The fourth-order valence-electron chi connectivity index (χ4n) is 2.26. The third kappa shape index (κ3) is 2.79. The summed E-state index contributed by atoms with van der Waals surface area (Å²) in [5, 5.41) is 2.77. The first-order valence-electron chi connectivity index (χ1n) is 6.11. The molecule has 1 atom stereocenters. The minimum absolute atomic E-state index is 0.0462. The van der Waals surface area contributed by atoms with Crippen LogP contribution in [-0.2, 0) is 0 Å². The van der Waals surface area contributed by atoms with Crippen molar-refractivity contribution in [2.24, 2.45) is 0 Å². The summed E-state index contributed by atoms with van der Waals surface area (Å²) in [6.45, 7) is 1.61. The summed E-state index contributed by atoms with van der Waals surface area (Å²) >= 11 is 0. The average Bonchev–Trinajstić information content (AvgIpc) is 2.72. The molecule has 1 aliphatic heterocycles. The van der Waals surface area contributed by atoms with Crippen molar-refractivity contribution in [2.75, 3.05) is 25.9 Å². The highest BCUT2D eigenvalue weighted by molar-refractivity contribution is 5.94. The molecular weight excluding hydrogens is 233 g/mol. The van der Waals surface area contributed by atoms with Gasteiger partial charge in [-0.05, 0) is 44.6 Å². The second kappa shape index (κ2) is 5.35. The number of nitrogens with one attached hydrogen (secondary N) is 1. The molecule has 1 fully saturated rings. The zero-order valence-corrected chi connectivity index (χ0v) is 10.4. The summed E-state index contributed by atoms with van der Waals surface area (Å²) in [4.78, 5) is 14.0. The van der Waals surface area contributed by atoms with Crippen molar-refractivity contribution in [1.29, 1.82) is 0 Å². The molecule has 2 rings (SSSR count). The van der Waals surface area contributed by atoms with Crippen LogP contribution in [0.2, 0.25) is 0 Å². The maximum absolute atomic E-state index is 13.5. The van der Waals surface area contributed by atoms with Gasteiger partial charge >= 0.3 is 0 Å². The number of anilines is 1. The van der Waals surface area contributed by atoms with Gasteiger partial charge in [-0.2, -0.15) is 0 Å². The van der Waals surface area contributed by atoms with E-state index < -0.39 is 5.82 Å². The quantitative estimate of drug-likeness (QED) is 0.794. The van der Waals surface area contributed by atoms with Gasteiger partial charge in [0.2, 0.25) is 0 Å². The predicted octanol–water partition coefficient (Wildman–Crippen LogP) is 1.23. The highest BCUT2D eigenvalue weighted by atomic mass is 19.1. The van der Waals surface area contributed by atoms with Crippen LogP contribution < -0.4 is 11.1 Å². The summed E-state index contributed by atoms with van der Waals surface area (Å²) in [5.41, 5.74) is 5.81. The first-order chi connectivity index (χ1) is 8.58. The molecule has 0 saturated carbocycles. The zero-order chi connectivity index (χ0) is 13.1. The number of hydrogen-bond acceptors (Lipinski definition) is 3. The van der Waals surface area contributed by atoms with Crippen molar-refractivity contribution < 1.29 is 9.18 Å². The molecule has 0 aliphatic carbocycles. The van der Waals surface area contributed by atoms with Crippen LogP contribution in [-0.4, -0.2) is 37.0 Å². The van der Waals surface area contributed by atoms with Gasteiger partial charge in [0.25, 0.3) is 5.91 Å². The Hall–Kier alpha value is -1.62. The molecule has 1 saturated heterocycles. The second-order valence-corrected chi connectivity index (χ2v) is 4.73. The van der Waals surface area contributed by atoms with E-state index >= 15 is 0 Å². The van der Waals surface area contributed by atoms with Crippen LogP contribution in [0.1, 0.15) is 23.2 Å². The number of benzene rings is 1. The van der Waals surface area contributed by atoms with Crippen LogP contribution in [0.5, 0.6) is 0 Å². The fraction of sp³-hybridized carbons (Fsp3) is 0.462. The van der Waals surface area contributed by atoms with Crippen LogP contribution in [0.15, 0.2) is 18.2 Å². The number of nitrogens with two attached hydrogens (primary N) is 1. The topological polar surface area (TPSA) is 58.4 Å². The smallest absolute Gasteiger partial charge is 0.254 e. The molecule has 0 radical (unpaired) electrons. The van der Waals surface area contributed by atoms with Gasteiger partial charge in [0.1, 0.15) is 5.82 Å². The lowest BCUT2D eigenvalue weighted by Gasteiger charge is -2.19. The van der Waals surface area contributed by atoms with Crippen LogP contribution in [0.4, 0.5) is 10.1 Å². The first kappa shape index (κ1) is 12.8. The van der Waals surface area contributed by atoms with Gasteiger partial charge < -0.3 is 16.0 Å². The molecule has 0 bridgehead atoms. The zero-order valence-electron chi connectivity index (χ0n) is 10.4. The summed E-state index contributed by atoms with van der Waals surface area (Å²) < 4.78 is 13.5. The monoisotopic (exact) mass is 251 g/mol. The lowest BCUT2D eigenvalue weighted by molar-refractivity contribution is 0.0939. The van der Waals surface area contributed by atoms with E-state index in [1.807, 2.05) is 7.05 Å². The molecule has 1 aliphatic rings. The maximum atomic E-state index is 13.5. The molecule has 1 aromatic carbocycles. The van der Waals surface area contributed by atoms with Gasteiger partial charge in [-0.1, -0.05) is 0 Å². The minimum atomic E-state index is -0.577. The Kier molecular flexibility index (Phi) is 3.81. The number of halogens is 1. The number of hydrogen-bond donors (Lipinski definition) is 2. The number of rotatable bonds is 3. The summed E-state index contributed by atoms with van der Waals surface area (Å²) in [6, 6.07) is 4.46. The van der Waals surface area contributed by atoms with Gasteiger partial charge in [0, 0.05) is 18.3 Å². The summed E-state index contributed by atoms with van der Waals surface area (Å²) in [7, 11) is 2.04. The molecule has 1 unspecified atom stereocenters. The standard InChI is InChI=1S/C13H18FN3O/c1-17-6-2-3-10(17)8-16-13(18)11-5-4-9(15)7-12(11)14/h4-5,7,10H,2-3,6,8,15H2,1H3,(H,16,18). The van der Waals surface area contributed by atoms with Crippen molar-refractivity contribution in [3.8, 4) is 0 Å². The summed E-state index contributed by atoms with van der Waals surface area (Å²) in [5.74, 6) is -0.958. The number of nitrogens with zero attached hydrogens (tertiary/aromatic N) is 1. The van der Waals surface area contributed by atoms with E-state index in [0.717, 1.165) is 25.5 Å². The number of likely N-dealkylation sites (tertiary alicyclic amines) is 1. The first-order valence-corrected chi connectivity index (χ1v) is 6.11. The Balaban J connectivity index is 1.95. The highest BCUT2D eigenvalue weighted by Crippen LogP contribution is 2.15. The van der Waals surface area contributed by atoms with E-state index in [4.69, 9.17) is 5.73 Å². The van der Waals surface area contributed by atoms with Gasteiger partial charge in [-0.15, -0.1) is 0 Å². The van der Waals surface area contributed by atoms with E-state index in [9.17, 15) is 9.18 Å². The SMILES string of the molecule is CN1CCCC1CNC(=O)c1ccc(N)cc1F. The molecule has 5 heteroatoms. The van der Waals surface area contributed by atoms with Crippen LogP contribution in [0.25, 0.3) is 0 Å². The van der Waals surface area contributed by atoms with Gasteiger partial charge in [0.05, 0.1) is 5.56 Å². The van der Waals surface area contributed by atoms with Crippen LogP contribution in [0.3, 0.4) is 0 Å². The molecule has 0 spiro atoms. The molecule has 1 heterocycles. The van der Waals surface area contributed by atoms with E-state index in [1.165, 1.54) is 12.1 Å². The van der Waals surface area contributed by atoms with Gasteiger partial charge in [-0.3, -0.25) is 4.79 Å². The van der Waals surface area contributed by atoms with Crippen molar-refractivity contribution in [1.82, 2.24) is 10.2 Å². The van der Waals surface area contributed by atoms with Crippen molar-refractivity contribution in [3.63, 3.8) is 0 Å². The van der Waals surface area contributed by atoms with Gasteiger partial charge in [0.15, 0.2) is 0 Å². The van der Waals surface area contributed by atoms with Crippen molar-refractivity contribution in [3.05, 3.63) is 29.6 Å². The van der Waals surface area contributed by atoms with E-state index in [2.05, 4.69) is 10.2 Å². The molecule has 18 heavy (non-hydrogen) atoms. The lowest BCUT2D eigenvalue weighted by Crippen LogP contribution is -2.38. The Morgan fingerprint density at radius 3 is 3.00 bits per heavy atom.